The fourth-order valence-corrected chi connectivity index (χ4v) is 4.79. The van der Waals surface area contributed by atoms with Crippen molar-refractivity contribution in [3.8, 4) is 0 Å². The van der Waals surface area contributed by atoms with Crippen LogP contribution in [0.2, 0.25) is 0 Å². The lowest BCUT2D eigenvalue weighted by atomic mass is 9.77. The van der Waals surface area contributed by atoms with Gasteiger partial charge in [0, 0.05) is 30.5 Å². The van der Waals surface area contributed by atoms with Crippen LogP contribution in [-0.2, 0) is 19.1 Å². The van der Waals surface area contributed by atoms with Crippen molar-refractivity contribution in [2.75, 3.05) is 20.6 Å². The number of carbonyl (C=O) groups is 3. The minimum absolute atomic E-state index is 0. The molecule has 5 atom stereocenters. The van der Waals surface area contributed by atoms with Gasteiger partial charge in [0.15, 0.2) is 0 Å². The van der Waals surface area contributed by atoms with Crippen LogP contribution in [0.1, 0.15) is 39.5 Å². The second-order valence-electron chi connectivity index (χ2n) is 8.62. The lowest BCUT2D eigenvalue weighted by molar-refractivity contribution is -0.148. The maximum atomic E-state index is 12.3. The first kappa shape index (κ1) is 25.8. The summed E-state index contributed by atoms with van der Waals surface area (Å²) in [5, 5.41) is 26.4. The zero-order valence-electron chi connectivity index (χ0n) is 17.9. The van der Waals surface area contributed by atoms with Gasteiger partial charge in [-0.25, -0.2) is 9.59 Å². The predicted octanol–water partition coefficient (Wildman–Crippen LogP) is 0.864. The van der Waals surface area contributed by atoms with E-state index < -0.39 is 17.5 Å². The SMILES string of the molecule is CC1=C2CC[C@@](C)(O)[C@@H]2[C@H]2OC(=O)[C@@H](CN(C)C)[C@@H]2CC1.O.O=C(O)/C=C/C(=O)O. The molecule has 1 saturated heterocycles. The Kier molecular flexibility index (Phi) is 8.76. The maximum absolute atomic E-state index is 12.3. The standard InChI is InChI=1S/C17H27NO3.C4H4O4.H2O/c1-10-5-6-12-13(9-18(3)4)16(19)21-15(12)14-11(10)7-8-17(14,2)20;5-3(6)1-2-4(7)8;/h12-15,20H,5-9H2,1-4H3;1-2H,(H,5,6)(H,7,8);1H2/b;2-1+;/t12-,13-,14-,15-,17+;;/m0../s1. The second-order valence-corrected chi connectivity index (χ2v) is 8.62. The van der Waals surface area contributed by atoms with Gasteiger partial charge in [-0.05, 0) is 53.6 Å². The van der Waals surface area contributed by atoms with Crippen LogP contribution < -0.4 is 0 Å². The number of aliphatic carboxylic acids is 2. The Hall–Kier alpha value is -2.23. The lowest BCUT2D eigenvalue weighted by Gasteiger charge is -2.33. The van der Waals surface area contributed by atoms with Crippen molar-refractivity contribution in [2.24, 2.45) is 17.8 Å². The van der Waals surface area contributed by atoms with Crippen molar-refractivity contribution in [3.05, 3.63) is 23.3 Å². The summed E-state index contributed by atoms with van der Waals surface area (Å²) in [5.41, 5.74) is 2.02. The van der Waals surface area contributed by atoms with Gasteiger partial charge in [-0.15, -0.1) is 0 Å². The highest BCUT2D eigenvalue weighted by atomic mass is 16.6. The predicted molar refractivity (Wildman–Crippen MR) is 109 cm³/mol. The van der Waals surface area contributed by atoms with Crippen LogP contribution in [-0.4, -0.2) is 75.9 Å². The minimum atomic E-state index is -1.26. The van der Waals surface area contributed by atoms with Crippen LogP contribution in [0.4, 0.5) is 0 Å². The number of carbonyl (C=O) groups excluding carboxylic acids is 1. The zero-order valence-corrected chi connectivity index (χ0v) is 17.9. The Morgan fingerprint density at radius 2 is 1.77 bits per heavy atom. The average molecular weight is 427 g/mol. The molecule has 1 aliphatic heterocycles. The molecule has 2 fully saturated rings. The molecule has 1 saturated carbocycles. The van der Waals surface area contributed by atoms with Gasteiger partial charge in [-0.3, -0.25) is 4.79 Å². The molecule has 5 N–H and O–H groups in total. The van der Waals surface area contributed by atoms with Crippen LogP contribution in [0.15, 0.2) is 23.3 Å². The summed E-state index contributed by atoms with van der Waals surface area (Å²) in [6.45, 7) is 4.84. The minimum Gasteiger partial charge on any atom is -0.478 e. The first-order valence-corrected chi connectivity index (χ1v) is 9.84. The third kappa shape index (κ3) is 5.90. The highest BCUT2D eigenvalue weighted by Gasteiger charge is 2.56. The van der Waals surface area contributed by atoms with E-state index in [0.717, 1.165) is 32.2 Å². The molecule has 0 radical (unpaired) electrons. The fraction of sp³-hybridized carbons (Fsp3) is 0.667. The molecule has 3 rings (SSSR count). The number of hydrogen-bond acceptors (Lipinski definition) is 6. The topological polar surface area (TPSA) is 156 Å². The molecule has 30 heavy (non-hydrogen) atoms. The van der Waals surface area contributed by atoms with Gasteiger partial charge in [-0.1, -0.05) is 11.1 Å². The quantitative estimate of drug-likeness (QED) is 0.339. The summed E-state index contributed by atoms with van der Waals surface area (Å²) in [5.74, 6) is -2.39. The summed E-state index contributed by atoms with van der Waals surface area (Å²) in [6.07, 6.45) is 4.74. The van der Waals surface area contributed by atoms with Gasteiger partial charge >= 0.3 is 17.9 Å². The number of hydrogen-bond donors (Lipinski definition) is 3. The molecule has 2 aliphatic carbocycles. The van der Waals surface area contributed by atoms with Crippen molar-refractivity contribution in [2.45, 2.75) is 51.2 Å². The smallest absolute Gasteiger partial charge is 0.328 e. The highest BCUT2D eigenvalue weighted by molar-refractivity contribution is 5.89. The largest absolute Gasteiger partial charge is 0.478 e. The van der Waals surface area contributed by atoms with Gasteiger partial charge in [-0.2, -0.15) is 0 Å². The van der Waals surface area contributed by atoms with Gasteiger partial charge in [0.1, 0.15) is 6.10 Å². The van der Waals surface area contributed by atoms with Gasteiger partial charge in [0.05, 0.1) is 11.5 Å². The van der Waals surface area contributed by atoms with Crippen LogP contribution in [0.5, 0.6) is 0 Å². The zero-order chi connectivity index (χ0) is 21.9. The Morgan fingerprint density at radius 1 is 1.20 bits per heavy atom. The van der Waals surface area contributed by atoms with E-state index in [-0.39, 0.29) is 35.3 Å². The Balaban J connectivity index is 0.000000431. The molecule has 0 aromatic rings. The van der Waals surface area contributed by atoms with E-state index in [1.165, 1.54) is 11.1 Å². The van der Waals surface area contributed by atoms with E-state index in [1.807, 2.05) is 21.0 Å². The van der Waals surface area contributed by atoms with Crippen LogP contribution >= 0.6 is 0 Å². The molecule has 3 aliphatic rings. The first-order chi connectivity index (χ1) is 13.4. The van der Waals surface area contributed by atoms with Crippen molar-refractivity contribution in [3.63, 3.8) is 0 Å². The molecule has 0 amide bonds. The van der Waals surface area contributed by atoms with Crippen LogP contribution in [0.25, 0.3) is 0 Å². The third-order valence-corrected chi connectivity index (χ3v) is 6.10. The molecule has 1 heterocycles. The molecule has 0 aromatic heterocycles. The Labute approximate surface area is 176 Å². The number of esters is 1. The van der Waals surface area contributed by atoms with Gasteiger partial charge in [0.25, 0.3) is 0 Å². The molecule has 0 bridgehead atoms. The molecule has 0 unspecified atom stereocenters. The van der Waals surface area contributed by atoms with E-state index in [9.17, 15) is 19.5 Å². The number of ether oxygens (including phenoxy) is 1. The Bertz CT molecular complexity index is 709. The normalized spacial score (nSPS) is 32.5. The number of nitrogens with zero attached hydrogens (tertiary/aromatic N) is 1. The number of allylic oxidation sites excluding steroid dienone is 1. The van der Waals surface area contributed by atoms with Gasteiger partial charge in [0.2, 0.25) is 0 Å². The molecule has 9 heteroatoms. The van der Waals surface area contributed by atoms with Crippen molar-refractivity contribution < 1.29 is 39.9 Å². The number of rotatable bonds is 4. The average Bonchev–Trinajstić information content (AvgIpc) is 3.02. The summed E-state index contributed by atoms with van der Waals surface area (Å²) in [6, 6.07) is 0. The number of aliphatic hydroxyl groups is 1. The van der Waals surface area contributed by atoms with Crippen LogP contribution in [0, 0.1) is 17.8 Å². The third-order valence-electron chi connectivity index (χ3n) is 6.10. The molecular formula is C21H33NO8. The van der Waals surface area contributed by atoms with Crippen molar-refractivity contribution in [1.29, 1.82) is 0 Å². The van der Waals surface area contributed by atoms with E-state index >= 15 is 0 Å². The molecule has 170 valence electrons. The number of carboxylic acid groups (broad SMARTS) is 2. The maximum Gasteiger partial charge on any atom is 0.328 e. The molecule has 0 aromatic carbocycles. The van der Waals surface area contributed by atoms with Crippen LogP contribution in [0.3, 0.4) is 0 Å². The summed E-state index contributed by atoms with van der Waals surface area (Å²) < 4.78 is 5.80. The Morgan fingerprint density at radius 3 is 2.27 bits per heavy atom. The summed E-state index contributed by atoms with van der Waals surface area (Å²) in [4.78, 5) is 33.5. The summed E-state index contributed by atoms with van der Waals surface area (Å²) >= 11 is 0. The van der Waals surface area contributed by atoms with E-state index in [2.05, 4.69) is 11.8 Å². The summed E-state index contributed by atoms with van der Waals surface area (Å²) in [7, 11) is 4.00. The molecule has 9 nitrogen and oxygen atoms in total. The lowest BCUT2D eigenvalue weighted by Crippen LogP contribution is -2.41. The monoisotopic (exact) mass is 427 g/mol. The second kappa shape index (κ2) is 10.2. The van der Waals surface area contributed by atoms with E-state index in [4.69, 9.17) is 14.9 Å². The van der Waals surface area contributed by atoms with E-state index in [1.54, 1.807) is 0 Å². The van der Waals surface area contributed by atoms with Crippen molar-refractivity contribution in [1.82, 2.24) is 4.90 Å². The van der Waals surface area contributed by atoms with Crippen molar-refractivity contribution >= 4 is 17.9 Å². The fourth-order valence-electron chi connectivity index (χ4n) is 4.79. The highest BCUT2D eigenvalue weighted by Crippen LogP contribution is 2.52. The van der Waals surface area contributed by atoms with E-state index in [0.29, 0.717) is 12.2 Å². The first-order valence-electron chi connectivity index (χ1n) is 9.84. The molecular weight excluding hydrogens is 394 g/mol. The number of carboxylic acids is 2. The molecule has 0 spiro atoms. The number of fused-ring (bicyclic) bond motifs is 3. The van der Waals surface area contributed by atoms with Gasteiger partial charge < -0.3 is 30.4 Å².